The van der Waals surface area contributed by atoms with Gasteiger partial charge in [-0.15, -0.1) is 23.5 Å². The minimum absolute atomic E-state index is 0.243. The Morgan fingerprint density at radius 1 is 1.19 bits per heavy atom. The molecule has 1 aliphatic rings. The van der Waals surface area contributed by atoms with E-state index >= 15 is 0 Å². The molecule has 0 bridgehead atoms. The molecule has 1 aliphatic heterocycles. The normalized spacial score (nSPS) is 15.3. The average molecular weight is 408 g/mol. The second-order valence-corrected chi connectivity index (χ2v) is 8.62. The maximum atomic E-state index is 11.8. The number of thioether (sulfide) groups is 2. The molecule has 1 N–H and O–H groups in total. The van der Waals surface area contributed by atoms with Crippen molar-refractivity contribution in [3.63, 3.8) is 0 Å². The van der Waals surface area contributed by atoms with Crippen molar-refractivity contribution in [3.05, 3.63) is 54.0 Å². The van der Waals surface area contributed by atoms with Gasteiger partial charge in [0.15, 0.2) is 13.2 Å². The van der Waals surface area contributed by atoms with E-state index in [1.165, 1.54) is 23.3 Å². The molecule has 2 heterocycles. The second kappa shape index (κ2) is 9.75. The Balaban J connectivity index is 1.36. The Hall–Kier alpha value is -2.06. The number of esters is 1. The fraction of sp³-hybridized carbons (Fsp3) is 0.368. The fourth-order valence-electron chi connectivity index (χ4n) is 2.49. The zero-order valence-corrected chi connectivity index (χ0v) is 16.5. The Morgan fingerprint density at radius 2 is 1.93 bits per heavy atom. The number of benzene rings is 1. The molecule has 6 nitrogen and oxygen atoms in total. The third-order valence-corrected chi connectivity index (χ3v) is 6.95. The summed E-state index contributed by atoms with van der Waals surface area (Å²) in [6, 6.07) is 10.9. The number of hydrogen-bond acceptors (Lipinski definition) is 7. The predicted molar refractivity (Wildman–Crippen MR) is 106 cm³/mol. The second-order valence-electron chi connectivity index (χ2n) is 5.90. The topological polar surface area (TPSA) is 77.8 Å². The van der Waals surface area contributed by atoms with Crippen LogP contribution in [0.2, 0.25) is 0 Å². The van der Waals surface area contributed by atoms with Crippen molar-refractivity contribution in [2.75, 3.05) is 24.7 Å². The van der Waals surface area contributed by atoms with Gasteiger partial charge < -0.3 is 19.2 Å². The maximum absolute atomic E-state index is 11.8. The van der Waals surface area contributed by atoms with E-state index in [1.807, 2.05) is 47.8 Å². The quantitative estimate of drug-likeness (QED) is 0.671. The summed E-state index contributed by atoms with van der Waals surface area (Å²) in [7, 11) is 0. The molecule has 2 aromatic rings. The van der Waals surface area contributed by atoms with Gasteiger partial charge in [-0.25, -0.2) is 4.79 Å². The zero-order valence-electron chi connectivity index (χ0n) is 14.9. The highest BCUT2D eigenvalue weighted by Crippen LogP contribution is 2.45. The third kappa shape index (κ3) is 5.97. The van der Waals surface area contributed by atoms with Crippen molar-refractivity contribution in [1.29, 1.82) is 0 Å². The molecular weight excluding hydrogens is 386 g/mol. The summed E-state index contributed by atoms with van der Waals surface area (Å²) in [6.07, 6.45) is 1.54. The van der Waals surface area contributed by atoms with Crippen LogP contribution in [0, 0.1) is 0 Å². The Kier molecular flexibility index (Phi) is 7.11. The van der Waals surface area contributed by atoms with Crippen LogP contribution >= 0.6 is 23.5 Å². The van der Waals surface area contributed by atoms with E-state index in [0.29, 0.717) is 16.1 Å². The minimum atomic E-state index is -0.596. The van der Waals surface area contributed by atoms with Gasteiger partial charge in [0.25, 0.3) is 5.91 Å². The van der Waals surface area contributed by atoms with Crippen LogP contribution < -0.4 is 10.1 Å². The summed E-state index contributed by atoms with van der Waals surface area (Å²) < 4.78 is 16.0. The number of hydrogen-bond donors (Lipinski definition) is 1. The summed E-state index contributed by atoms with van der Waals surface area (Å²) in [6.45, 7) is 1.18. The Labute approximate surface area is 166 Å². The van der Waals surface area contributed by atoms with Crippen LogP contribution in [0.15, 0.2) is 47.1 Å². The van der Waals surface area contributed by atoms with Gasteiger partial charge in [0.05, 0.1) is 16.9 Å². The van der Waals surface area contributed by atoms with Crippen LogP contribution in [0.4, 0.5) is 0 Å². The summed E-state index contributed by atoms with van der Waals surface area (Å²) in [5.41, 5.74) is 1.25. The van der Waals surface area contributed by atoms with Crippen LogP contribution in [-0.4, -0.2) is 36.6 Å². The Morgan fingerprint density at radius 3 is 2.59 bits per heavy atom. The van der Waals surface area contributed by atoms with Crippen LogP contribution in [0.25, 0.3) is 0 Å². The molecule has 1 amide bonds. The maximum Gasteiger partial charge on any atom is 0.344 e. The van der Waals surface area contributed by atoms with Gasteiger partial charge >= 0.3 is 5.97 Å². The monoisotopic (exact) mass is 407 g/mol. The van der Waals surface area contributed by atoms with Gasteiger partial charge in [-0.05, 0) is 36.8 Å². The molecule has 27 heavy (non-hydrogen) atoms. The van der Waals surface area contributed by atoms with Crippen molar-refractivity contribution in [2.45, 2.75) is 17.5 Å². The highest BCUT2D eigenvalue weighted by molar-refractivity contribution is 8.19. The number of amides is 1. The van der Waals surface area contributed by atoms with E-state index < -0.39 is 11.9 Å². The van der Waals surface area contributed by atoms with E-state index in [4.69, 9.17) is 13.9 Å². The van der Waals surface area contributed by atoms with Crippen LogP contribution in [0.1, 0.15) is 28.9 Å². The van der Waals surface area contributed by atoms with Crippen LogP contribution in [0.3, 0.4) is 0 Å². The number of nitrogens with one attached hydrogen (secondary N) is 1. The highest BCUT2D eigenvalue weighted by Gasteiger charge is 2.18. The first-order chi connectivity index (χ1) is 13.1. The van der Waals surface area contributed by atoms with E-state index in [1.54, 1.807) is 19.1 Å². The molecule has 1 aromatic carbocycles. The van der Waals surface area contributed by atoms with Gasteiger partial charge in [-0.2, -0.15) is 0 Å². The highest BCUT2D eigenvalue weighted by atomic mass is 32.2. The molecule has 0 aliphatic carbocycles. The number of rotatable bonds is 8. The summed E-state index contributed by atoms with van der Waals surface area (Å²) in [4.78, 5) is 23.6. The lowest BCUT2D eigenvalue weighted by atomic mass is 10.2. The molecule has 0 unspecified atom stereocenters. The van der Waals surface area contributed by atoms with Crippen LogP contribution in [-0.2, 0) is 14.3 Å². The van der Waals surface area contributed by atoms with Crippen molar-refractivity contribution in [2.24, 2.45) is 0 Å². The van der Waals surface area contributed by atoms with Crippen molar-refractivity contribution in [3.8, 4) is 5.75 Å². The van der Waals surface area contributed by atoms with E-state index in [9.17, 15) is 9.59 Å². The fourth-order valence-corrected chi connectivity index (χ4v) is 5.35. The van der Waals surface area contributed by atoms with Crippen molar-refractivity contribution >= 4 is 35.4 Å². The van der Waals surface area contributed by atoms with E-state index in [0.717, 1.165) is 0 Å². The number of carbonyl (C=O) groups excluding carboxylic acids is 2. The van der Waals surface area contributed by atoms with E-state index in [2.05, 4.69) is 5.32 Å². The molecule has 144 valence electrons. The number of furan rings is 1. The lowest BCUT2D eigenvalue weighted by molar-refractivity contribution is -0.150. The molecule has 1 aromatic heterocycles. The molecule has 8 heteroatoms. The molecule has 0 spiro atoms. The van der Waals surface area contributed by atoms with Gasteiger partial charge in [-0.3, -0.25) is 4.79 Å². The van der Waals surface area contributed by atoms with Crippen molar-refractivity contribution < 1.29 is 23.5 Å². The van der Waals surface area contributed by atoms with Gasteiger partial charge in [0.1, 0.15) is 11.5 Å². The summed E-state index contributed by atoms with van der Waals surface area (Å²) in [5.74, 6) is 2.58. The standard InChI is InChI=1S/C19H21NO5S2/c1-13(16-3-2-8-23-16)20-17(21)11-25-18(22)12-24-15-6-4-14(5-7-15)19-26-9-10-27-19/h2-8,13,19H,9-12H2,1H3,(H,20,21)/t13-/m0/s1. The molecule has 3 rings (SSSR count). The molecule has 1 fully saturated rings. The SMILES string of the molecule is C[C@H](NC(=O)COC(=O)COc1ccc(C2SCCS2)cc1)c1ccco1. The van der Waals surface area contributed by atoms with Crippen molar-refractivity contribution in [1.82, 2.24) is 5.32 Å². The van der Waals surface area contributed by atoms with Gasteiger partial charge in [0, 0.05) is 11.5 Å². The predicted octanol–water partition coefficient (Wildman–Crippen LogP) is 3.56. The van der Waals surface area contributed by atoms with Gasteiger partial charge in [0.2, 0.25) is 0 Å². The summed E-state index contributed by atoms with van der Waals surface area (Å²) >= 11 is 3.87. The van der Waals surface area contributed by atoms with E-state index in [-0.39, 0.29) is 19.3 Å². The smallest absolute Gasteiger partial charge is 0.344 e. The third-order valence-electron chi connectivity index (χ3n) is 3.84. The molecule has 1 saturated heterocycles. The first-order valence-electron chi connectivity index (χ1n) is 8.56. The minimum Gasteiger partial charge on any atom is -0.482 e. The zero-order chi connectivity index (χ0) is 19.1. The molecule has 0 radical (unpaired) electrons. The van der Waals surface area contributed by atoms with Crippen LogP contribution in [0.5, 0.6) is 5.75 Å². The first kappa shape index (κ1) is 19.7. The lowest BCUT2D eigenvalue weighted by Crippen LogP contribution is -2.31. The first-order valence-corrected chi connectivity index (χ1v) is 10.7. The molecule has 1 atom stereocenters. The largest absolute Gasteiger partial charge is 0.482 e. The lowest BCUT2D eigenvalue weighted by Gasteiger charge is -2.12. The van der Waals surface area contributed by atoms with Gasteiger partial charge in [-0.1, -0.05) is 12.1 Å². The molecular formula is C19H21NO5S2. The number of carbonyl (C=O) groups is 2. The molecule has 0 saturated carbocycles. The Bertz CT molecular complexity index is 742. The average Bonchev–Trinajstić information content (AvgIpc) is 3.39. The summed E-state index contributed by atoms with van der Waals surface area (Å²) in [5, 5.41) is 2.69. The number of ether oxygens (including phenoxy) is 2.